The predicted octanol–water partition coefficient (Wildman–Crippen LogP) is 1.99. The van der Waals surface area contributed by atoms with Crippen LogP contribution in [0.25, 0.3) is 0 Å². The number of nitrogens with one attached hydrogen (secondary N) is 2. The highest BCUT2D eigenvalue weighted by atomic mass is 35.5. The van der Waals surface area contributed by atoms with Crippen molar-refractivity contribution in [1.29, 1.82) is 0 Å². The van der Waals surface area contributed by atoms with E-state index >= 15 is 0 Å². The van der Waals surface area contributed by atoms with Gasteiger partial charge in [0.15, 0.2) is 0 Å². The summed E-state index contributed by atoms with van der Waals surface area (Å²) in [5, 5.41) is 6.93. The minimum Gasteiger partial charge on any atom is -0.352 e. The molecule has 0 spiro atoms. The van der Waals surface area contributed by atoms with E-state index < -0.39 is 0 Å². The zero-order valence-corrected chi connectivity index (χ0v) is 10.7. The first-order chi connectivity index (χ1) is 8.16. The molecule has 2 rings (SSSR count). The van der Waals surface area contributed by atoms with Gasteiger partial charge in [0.2, 0.25) is 0 Å². The van der Waals surface area contributed by atoms with E-state index in [0.29, 0.717) is 16.5 Å². The van der Waals surface area contributed by atoms with Crippen LogP contribution in [0.4, 0.5) is 0 Å². The Morgan fingerprint density at radius 3 is 3.06 bits per heavy atom. The van der Waals surface area contributed by atoms with Gasteiger partial charge in [-0.3, -0.25) is 4.79 Å². The maximum atomic E-state index is 12.0. The number of hydrogen-bond donors (Lipinski definition) is 2. The number of halogens is 1. The SMILES string of the molecule is Cc1cc(Cl)ccc1C(=O)NCC1CCNC1. The van der Waals surface area contributed by atoms with Crippen molar-refractivity contribution in [3.63, 3.8) is 0 Å². The lowest BCUT2D eigenvalue weighted by Gasteiger charge is -2.11. The Kier molecular flexibility index (Phi) is 4.02. The maximum absolute atomic E-state index is 12.0. The number of benzene rings is 1. The summed E-state index contributed by atoms with van der Waals surface area (Å²) < 4.78 is 0. The van der Waals surface area contributed by atoms with Crippen LogP contribution in [-0.2, 0) is 0 Å². The van der Waals surface area contributed by atoms with E-state index in [0.717, 1.165) is 31.6 Å². The Hall–Kier alpha value is -1.06. The zero-order valence-electron chi connectivity index (χ0n) is 9.92. The van der Waals surface area contributed by atoms with Crippen LogP contribution in [-0.4, -0.2) is 25.5 Å². The van der Waals surface area contributed by atoms with Gasteiger partial charge in [-0.25, -0.2) is 0 Å². The number of amides is 1. The summed E-state index contributed by atoms with van der Waals surface area (Å²) >= 11 is 5.86. The van der Waals surface area contributed by atoms with E-state index in [9.17, 15) is 4.79 Å². The highest BCUT2D eigenvalue weighted by molar-refractivity contribution is 6.30. The molecular formula is C13H17ClN2O. The minimum atomic E-state index is -0.00827. The zero-order chi connectivity index (χ0) is 12.3. The first-order valence-electron chi connectivity index (χ1n) is 5.92. The summed E-state index contributed by atoms with van der Waals surface area (Å²) in [6.07, 6.45) is 1.14. The van der Waals surface area contributed by atoms with Crippen LogP contribution >= 0.6 is 11.6 Å². The molecule has 2 N–H and O–H groups in total. The van der Waals surface area contributed by atoms with Crippen molar-refractivity contribution in [3.05, 3.63) is 34.3 Å². The molecule has 1 amide bonds. The Morgan fingerprint density at radius 1 is 1.59 bits per heavy atom. The molecule has 1 aliphatic heterocycles. The molecule has 0 bridgehead atoms. The monoisotopic (exact) mass is 252 g/mol. The molecule has 1 saturated heterocycles. The van der Waals surface area contributed by atoms with Crippen molar-refractivity contribution >= 4 is 17.5 Å². The fourth-order valence-electron chi connectivity index (χ4n) is 2.10. The lowest BCUT2D eigenvalue weighted by Crippen LogP contribution is -2.30. The highest BCUT2D eigenvalue weighted by Crippen LogP contribution is 2.15. The number of rotatable bonds is 3. The Balaban J connectivity index is 1.94. The van der Waals surface area contributed by atoms with E-state index in [2.05, 4.69) is 10.6 Å². The van der Waals surface area contributed by atoms with E-state index in [4.69, 9.17) is 11.6 Å². The molecule has 4 heteroatoms. The fourth-order valence-corrected chi connectivity index (χ4v) is 2.33. The van der Waals surface area contributed by atoms with Gasteiger partial charge in [-0.2, -0.15) is 0 Å². The van der Waals surface area contributed by atoms with Gasteiger partial charge in [-0.1, -0.05) is 11.6 Å². The molecular weight excluding hydrogens is 236 g/mol. The third-order valence-electron chi connectivity index (χ3n) is 3.15. The topological polar surface area (TPSA) is 41.1 Å². The summed E-state index contributed by atoms with van der Waals surface area (Å²) in [5.41, 5.74) is 1.62. The molecule has 17 heavy (non-hydrogen) atoms. The van der Waals surface area contributed by atoms with Crippen molar-refractivity contribution < 1.29 is 4.79 Å². The van der Waals surface area contributed by atoms with Gasteiger partial charge in [0.25, 0.3) is 5.91 Å². The molecule has 0 saturated carbocycles. The van der Waals surface area contributed by atoms with Gasteiger partial charge < -0.3 is 10.6 Å². The van der Waals surface area contributed by atoms with E-state index in [1.807, 2.05) is 13.0 Å². The van der Waals surface area contributed by atoms with Crippen LogP contribution < -0.4 is 10.6 Å². The molecule has 1 atom stereocenters. The van der Waals surface area contributed by atoms with Crippen LogP contribution in [0.5, 0.6) is 0 Å². The second-order valence-corrected chi connectivity index (χ2v) is 4.96. The van der Waals surface area contributed by atoms with Gasteiger partial charge in [-0.05, 0) is 56.1 Å². The van der Waals surface area contributed by atoms with Crippen molar-refractivity contribution in [2.75, 3.05) is 19.6 Å². The molecule has 1 aliphatic rings. The molecule has 1 heterocycles. The second-order valence-electron chi connectivity index (χ2n) is 4.53. The quantitative estimate of drug-likeness (QED) is 0.864. The predicted molar refractivity (Wildman–Crippen MR) is 69.5 cm³/mol. The first kappa shape index (κ1) is 12.4. The van der Waals surface area contributed by atoms with Crippen LogP contribution in [0.15, 0.2) is 18.2 Å². The smallest absolute Gasteiger partial charge is 0.251 e. The van der Waals surface area contributed by atoms with Crippen molar-refractivity contribution in [1.82, 2.24) is 10.6 Å². The molecule has 0 aliphatic carbocycles. The maximum Gasteiger partial charge on any atom is 0.251 e. The molecule has 0 aromatic heterocycles. The Morgan fingerprint density at radius 2 is 2.41 bits per heavy atom. The molecule has 1 unspecified atom stereocenters. The summed E-state index contributed by atoms with van der Waals surface area (Å²) in [6, 6.07) is 5.34. The molecule has 1 fully saturated rings. The van der Waals surface area contributed by atoms with Gasteiger partial charge in [0, 0.05) is 17.1 Å². The Labute approximate surface area is 107 Å². The van der Waals surface area contributed by atoms with Crippen LogP contribution in [0.3, 0.4) is 0 Å². The largest absolute Gasteiger partial charge is 0.352 e. The normalized spacial score (nSPS) is 19.3. The van der Waals surface area contributed by atoms with Crippen molar-refractivity contribution in [2.24, 2.45) is 5.92 Å². The van der Waals surface area contributed by atoms with Crippen molar-refractivity contribution in [3.8, 4) is 0 Å². The molecule has 1 aromatic rings. The highest BCUT2D eigenvalue weighted by Gasteiger charge is 2.16. The molecule has 1 aromatic carbocycles. The number of carbonyl (C=O) groups excluding carboxylic acids is 1. The summed E-state index contributed by atoms with van der Waals surface area (Å²) in [7, 11) is 0. The van der Waals surface area contributed by atoms with Gasteiger partial charge in [0.1, 0.15) is 0 Å². The van der Waals surface area contributed by atoms with Gasteiger partial charge in [0.05, 0.1) is 0 Å². The van der Waals surface area contributed by atoms with Crippen LogP contribution in [0.1, 0.15) is 22.3 Å². The molecule has 92 valence electrons. The molecule has 0 radical (unpaired) electrons. The Bertz CT molecular complexity index is 414. The van der Waals surface area contributed by atoms with E-state index in [-0.39, 0.29) is 5.91 Å². The average Bonchev–Trinajstić information content (AvgIpc) is 2.78. The van der Waals surface area contributed by atoms with Gasteiger partial charge in [-0.15, -0.1) is 0 Å². The third kappa shape index (κ3) is 3.20. The summed E-state index contributed by atoms with van der Waals surface area (Å²) in [5.74, 6) is 0.553. The minimum absolute atomic E-state index is 0.00827. The van der Waals surface area contributed by atoms with E-state index in [1.54, 1.807) is 12.1 Å². The van der Waals surface area contributed by atoms with E-state index in [1.165, 1.54) is 0 Å². The second kappa shape index (κ2) is 5.52. The fraction of sp³-hybridized carbons (Fsp3) is 0.462. The lowest BCUT2D eigenvalue weighted by atomic mass is 10.1. The number of carbonyl (C=O) groups is 1. The number of hydrogen-bond acceptors (Lipinski definition) is 2. The third-order valence-corrected chi connectivity index (χ3v) is 3.38. The van der Waals surface area contributed by atoms with Crippen LogP contribution in [0.2, 0.25) is 5.02 Å². The van der Waals surface area contributed by atoms with Crippen molar-refractivity contribution in [2.45, 2.75) is 13.3 Å². The van der Waals surface area contributed by atoms with Gasteiger partial charge >= 0.3 is 0 Å². The number of aryl methyl sites for hydroxylation is 1. The van der Waals surface area contributed by atoms with Crippen LogP contribution in [0, 0.1) is 12.8 Å². The molecule has 3 nitrogen and oxygen atoms in total. The average molecular weight is 253 g/mol. The lowest BCUT2D eigenvalue weighted by molar-refractivity contribution is 0.0947. The summed E-state index contributed by atoms with van der Waals surface area (Å²) in [4.78, 5) is 12.0. The summed E-state index contributed by atoms with van der Waals surface area (Å²) in [6.45, 7) is 4.70. The first-order valence-corrected chi connectivity index (χ1v) is 6.29. The standard InChI is InChI=1S/C13H17ClN2O/c1-9-6-11(14)2-3-12(9)13(17)16-8-10-4-5-15-7-10/h2-3,6,10,15H,4-5,7-8H2,1H3,(H,16,17).